The molecule has 0 unspecified atom stereocenters. The van der Waals surface area contributed by atoms with Gasteiger partial charge in [0.15, 0.2) is 11.5 Å². The van der Waals surface area contributed by atoms with Crippen LogP contribution in [0, 0.1) is 0 Å². The molecular weight excluding hydrogens is 510 g/mol. The first-order valence-electron chi connectivity index (χ1n) is 12.2. The van der Waals surface area contributed by atoms with E-state index in [1.54, 1.807) is 30.3 Å². The third-order valence-electron chi connectivity index (χ3n) is 6.10. The van der Waals surface area contributed by atoms with Gasteiger partial charge in [-0.05, 0) is 65.9 Å². The molecule has 0 aromatic heterocycles. The number of fused-ring (bicyclic) bond motifs is 1. The number of benzene rings is 3. The molecule has 0 radical (unpaired) electrons. The highest BCUT2D eigenvalue weighted by Crippen LogP contribution is 2.36. The van der Waals surface area contributed by atoms with Gasteiger partial charge in [0.1, 0.15) is 5.75 Å². The number of carbonyl (C=O) groups is 2. The molecule has 1 atom stereocenters. The van der Waals surface area contributed by atoms with Crippen molar-refractivity contribution >= 4 is 21.9 Å². The number of sulfonamides is 1. The van der Waals surface area contributed by atoms with E-state index in [0.717, 1.165) is 5.56 Å². The molecule has 0 saturated carbocycles. The van der Waals surface area contributed by atoms with Gasteiger partial charge in [0, 0.05) is 5.56 Å². The van der Waals surface area contributed by atoms with Crippen LogP contribution < -0.4 is 18.9 Å². The van der Waals surface area contributed by atoms with Crippen LogP contribution in [0.25, 0.3) is 0 Å². The number of nitrogens with one attached hydrogen (secondary N) is 1. The number of hydrogen-bond acceptors (Lipinski definition) is 7. The van der Waals surface area contributed by atoms with Crippen LogP contribution in [0.15, 0.2) is 65.6 Å². The van der Waals surface area contributed by atoms with Crippen molar-refractivity contribution in [1.82, 2.24) is 4.72 Å². The van der Waals surface area contributed by atoms with Crippen molar-refractivity contribution in [3.8, 4) is 17.2 Å². The average molecular weight is 540 g/mol. The van der Waals surface area contributed by atoms with Gasteiger partial charge in [-0.2, -0.15) is 0 Å². The fraction of sp³-hybridized carbons (Fsp3) is 0.286. The Kier molecular flexibility index (Phi) is 7.91. The van der Waals surface area contributed by atoms with Crippen molar-refractivity contribution in [3.05, 3.63) is 82.9 Å². The lowest BCUT2D eigenvalue weighted by molar-refractivity contribution is -0.126. The fourth-order valence-corrected chi connectivity index (χ4v) is 5.03. The molecule has 0 bridgehead atoms. The van der Waals surface area contributed by atoms with Crippen molar-refractivity contribution in [2.24, 2.45) is 0 Å². The summed E-state index contributed by atoms with van der Waals surface area (Å²) in [5.41, 5.74) is 1.96. The maximum Gasteiger partial charge on any atom is 0.335 e. The molecule has 1 aliphatic heterocycles. The first kappa shape index (κ1) is 27.0. The van der Waals surface area contributed by atoms with E-state index in [9.17, 15) is 23.1 Å². The number of carbonyl (C=O) groups excluding carboxylic acids is 1. The third kappa shape index (κ3) is 5.91. The van der Waals surface area contributed by atoms with Gasteiger partial charge >= 0.3 is 5.97 Å². The van der Waals surface area contributed by atoms with Crippen LogP contribution >= 0.6 is 0 Å². The Morgan fingerprint density at radius 1 is 0.974 bits per heavy atom. The predicted octanol–water partition coefficient (Wildman–Crippen LogP) is 4.81. The van der Waals surface area contributed by atoms with Gasteiger partial charge in [0.25, 0.3) is 15.9 Å². The predicted molar refractivity (Wildman–Crippen MR) is 139 cm³/mol. The van der Waals surface area contributed by atoms with E-state index >= 15 is 0 Å². The molecule has 10 heteroatoms. The number of hydrogen-bond donors (Lipinski definition) is 2. The molecule has 3 aromatic rings. The lowest BCUT2D eigenvalue weighted by Gasteiger charge is -2.21. The summed E-state index contributed by atoms with van der Waals surface area (Å²) in [7, 11) is -4.21. The summed E-state index contributed by atoms with van der Waals surface area (Å²) in [6.07, 6.45) is -0.200. The topological polar surface area (TPSA) is 128 Å². The van der Waals surface area contributed by atoms with E-state index in [2.05, 4.69) is 4.72 Å². The molecule has 0 saturated heterocycles. The van der Waals surface area contributed by atoms with Crippen LogP contribution in [-0.4, -0.2) is 32.2 Å². The van der Waals surface area contributed by atoms with Crippen molar-refractivity contribution in [2.45, 2.75) is 50.5 Å². The number of rotatable bonds is 10. The average Bonchev–Trinajstić information content (AvgIpc) is 3.35. The van der Waals surface area contributed by atoms with Crippen molar-refractivity contribution in [2.75, 3.05) is 6.79 Å². The van der Waals surface area contributed by atoms with E-state index in [0.29, 0.717) is 35.5 Å². The van der Waals surface area contributed by atoms with Gasteiger partial charge in [0.2, 0.25) is 12.9 Å². The van der Waals surface area contributed by atoms with E-state index < -0.39 is 28.0 Å². The van der Waals surface area contributed by atoms with Gasteiger partial charge < -0.3 is 19.3 Å². The van der Waals surface area contributed by atoms with E-state index in [-0.39, 0.29) is 28.9 Å². The molecular formula is C28H29NO8S. The zero-order chi connectivity index (χ0) is 27.4. The van der Waals surface area contributed by atoms with Crippen molar-refractivity contribution in [1.29, 1.82) is 0 Å². The number of ether oxygens (including phenoxy) is 3. The molecule has 1 heterocycles. The Bertz CT molecular complexity index is 1450. The van der Waals surface area contributed by atoms with Crippen molar-refractivity contribution in [3.63, 3.8) is 0 Å². The zero-order valence-corrected chi connectivity index (χ0v) is 22.1. The van der Waals surface area contributed by atoms with E-state index in [1.807, 2.05) is 20.8 Å². The SMILES string of the molecule is CCCc1cc(C(=O)O)ccc1O[C@@H](C(=O)NS(=O)(=O)c1ccc(C(C)C)cc1)c1ccc2c(c1)OCO2. The Morgan fingerprint density at radius 2 is 1.66 bits per heavy atom. The molecule has 0 aliphatic carbocycles. The molecule has 4 rings (SSSR count). The molecule has 0 fully saturated rings. The van der Waals surface area contributed by atoms with Gasteiger partial charge in [-0.25, -0.2) is 17.9 Å². The van der Waals surface area contributed by atoms with Gasteiger partial charge in [-0.1, -0.05) is 45.4 Å². The van der Waals surface area contributed by atoms with Crippen LogP contribution in [0.2, 0.25) is 0 Å². The Hall–Kier alpha value is -4.05. The maximum atomic E-state index is 13.5. The molecule has 2 N–H and O–H groups in total. The molecule has 1 aliphatic rings. The Balaban J connectivity index is 1.69. The zero-order valence-electron chi connectivity index (χ0n) is 21.3. The van der Waals surface area contributed by atoms with Crippen LogP contribution in [0.5, 0.6) is 17.2 Å². The number of carboxylic acid groups (broad SMARTS) is 1. The molecule has 38 heavy (non-hydrogen) atoms. The smallest absolute Gasteiger partial charge is 0.335 e. The number of carboxylic acids is 1. The van der Waals surface area contributed by atoms with Crippen molar-refractivity contribution < 1.29 is 37.3 Å². The minimum Gasteiger partial charge on any atom is -0.478 e. The van der Waals surface area contributed by atoms with Gasteiger partial charge in [0.05, 0.1) is 10.5 Å². The van der Waals surface area contributed by atoms with Crippen LogP contribution in [0.3, 0.4) is 0 Å². The normalized spacial score (nSPS) is 13.3. The second-order valence-electron chi connectivity index (χ2n) is 9.18. The highest BCUT2D eigenvalue weighted by atomic mass is 32.2. The van der Waals surface area contributed by atoms with Crippen LogP contribution in [-0.2, 0) is 21.2 Å². The van der Waals surface area contributed by atoms with E-state index in [4.69, 9.17) is 14.2 Å². The minimum atomic E-state index is -4.21. The summed E-state index contributed by atoms with van der Waals surface area (Å²) in [5, 5.41) is 9.39. The largest absolute Gasteiger partial charge is 0.478 e. The molecule has 3 aromatic carbocycles. The van der Waals surface area contributed by atoms with Crippen LogP contribution in [0.4, 0.5) is 0 Å². The Labute approximate surface area is 221 Å². The number of amides is 1. The summed E-state index contributed by atoms with van der Waals surface area (Å²) in [4.78, 5) is 24.9. The monoisotopic (exact) mass is 539 g/mol. The summed E-state index contributed by atoms with van der Waals surface area (Å²) in [5.74, 6) is -0.632. The first-order chi connectivity index (χ1) is 18.1. The second kappa shape index (κ2) is 11.1. The summed E-state index contributed by atoms with van der Waals surface area (Å²) >= 11 is 0. The summed E-state index contributed by atoms with van der Waals surface area (Å²) in [6.45, 7) is 5.94. The highest BCUT2D eigenvalue weighted by molar-refractivity contribution is 7.90. The van der Waals surface area contributed by atoms with Crippen LogP contribution in [0.1, 0.15) is 66.3 Å². The summed E-state index contributed by atoms with van der Waals surface area (Å²) in [6, 6.07) is 15.4. The lowest BCUT2D eigenvalue weighted by atomic mass is 10.0. The fourth-order valence-electron chi connectivity index (χ4n) is 4.05. The first-order valence-corrected chi connectivity index (χ1v) is 13.7. The minimum absolute atomic E-state index is 0.0224. The molecule has 9 nitrogen and oxygen atoms in total. The van der Waals surface area contributed by atoms with Gasteiger partial charge in [-0.15, -0.1) is 0 Å². The molecule has 0 spiro atoms. The Morgan fingerprint density at radius 3 is 2.32 bits per heavy atom. The third-order valence-corrected chi connectivity index (χ3v) is 7.46. The van der Waals surface area contributed by atoms with Gasteiger partial charge in [-0.3, -0.25) is 4.79 Å². The number of aromatic carboxylic acids is 1. The maximum absolute atomic E-state index is 13.5. The quantitative estimate of drug-likeness (QED) is 0.376. The van der Waals surface area contributed by atoms with E-state index in [1.165, 1.54) is 30.3 Å². The molecule has 1 amide bonds. The standard InChI is InChI=1S/C28H29NO8S/c1-4-5-19-14-21(28(31)32)9-12-23(19)37-26(20-8-13-24-25(15-20)36-16-35-24)27(30)29-38(33,34)22-10-6-18(7-11-22)17(2)3/h6-15,17,26H,4-5,16H2,1-3H3,(H,29,30)(H,31,32)/t26-/m1/s1. The number of aryl methyl sites for hydroxylation is 1. The second-order valence-corrected chi connectivity index (χ2v) is 10.9. The molecule has 200 valence electrons. The summed E-state index contributed by atoms with van der Waals surface area (Å²) < 4.78 is 45.2. The highest BCUT2D eigenvalue weighted by Gasteiger charge is 2.30. The lowest BCUT2D eigenvalue weighted by Crippen LogP contribution is -2.37.